The number of hydrogen-bond acceptors (Lipinski definition) is 4. The van der Waals surface area contributed by atoms with E-state index in [1.54, 1.807) is 6.92 Å². The Kier molecular flexibility index (Phi) is 6.41. The molecule has 1 aliphatic rings. The largest absolute Gasteiger partial charge is 0.465 e. The zero-order chi connectivity index (χ0) is 22.1. The van der Waals surface area contributed by atoms with Crippen LogP contribution in [0, 0.1) is 0 Å². The van der Waals surface area contributed by atoms with Gasteiger partial charge in [-0.05, 0) is 44.9 Å². The molecule has 2 aromatic rings. The number of nitrogens with zero attached hydrogens (tertiary/aromatic N) is 4. The van der Waals surface area contributed by atoms with Crippen LogP contribution in [-0.2, 0) is 11.2 Å². The number of aromatic nitrogens is 1. The number of carboxylic acid groups (broad SMARTS) is 1. The number of rotatable bonds is 4. The van der Waals surface area contributed by atoms with Gasteiger partial charge in [-0.2, -0.15) is 0 Å². The molecule has 1 aromatic carbocycles. The molecule has 7 nitrogen and oxygen atoms in total. The lowest BCUT2D eigenvalue weighted by molar-refractivity contribution is -0.129. The second-order valence-electron chi connectivity index (χ2n) is 8.63. The molecule has 2 amide bonds. The molecular formula is C22H29ClN4O3. The molecule has 0 atom stereocenters. The minimum atomic E-state index is -0.934. The first-order valence-corrected chi connectivity index (χ1v) is 10.5. The van der Waals surface area contributed by atoms with Crippen LogP contribution in [0.2, 0.25) is 5.02 Å². The molecule has 0 radical (unpaired) electrons. The van der Waals surface area contributed by atoms with Crippen molar-refractivity contribution in [2.75, 3.05) is 37.6 Å². The maximum absolute atomic E-state index is 11.8. The number of benzene rings is 1. The van der Waals surface area contributed by atoms with Gasteiger partial charge in [0, 0.05) is 50.6 Å². The number of para-hydroxylation sites is 1. The third kappa shape index (κ3) is 4.78. The minimum absolute atomic E-state index is 0.0756. The van der Waals surface area contributed by atoms with Gasteiger partial charge in [-0.1, -0.05) is 23.7 Å². The maximum Gasteiger partial charge on any atom is 0.407 e. The average molecular weight is 433 g/mol. The Bertz CT molecular complexity index is 949. The quantitative estimate of drug-likeness (QED) is 0.793. The lowest BCUT2D eigenvalue weighted by atomic mass is 10.0. The SMILES string of the molecule is CC(=O)N1CCN(c2nc3c(Cl)cccc3cc2CCN(C(=O)O)C(C)(C)C)CC1. The standard InChI is InChI=1S/C22H29ClN4O3/c1-15(28)25-10-12-26(13-11-25)20-17(8-9-27(21(29)30)22(2,3)4)14-16-6-5-7-18(23)19(16)24-20/h5-7,14H,8-13H2,1-4H3,(H,29,30). The molecule has 2 heterocycles. The number of anilines is 1. The van der Waals surface area contributed by atoms with Crippen molar-refractivity contribution in [2.24, 2.45) is 0 Å². The first-order valence-electron chi connectivity index (χ1n) is 10.2. The van der Waals surface area contributed by atoms with Gasteiger partial charge in [0.1, 0.15) is 5.82 Å². The summed E-state index contributed by atoms with van der Waals surface area (Å²) in [7, 11) is 0. The van der Waals surface area contributed by atoms with E-state index in [2.05, 4.69) is 11.0 Å². The zero-order valence-electron chi connectivity index (χ0n) is 18.0. The predicted octanol–water partition coefficient (Wildman–Crippen LogP) is 3.88. The van der Waals surface area contributed by atoms with Crippen molar-refractivity contribution in [3.63, 3.8) is 0 Å². The molecule has 162 valence electrons. The highest BCUT2D eigenvalue weighted by Crippen LogP contribution is 2.29. The summed E-state index contributed by atoms with van der Waals surface area (Å²) in [5.41, 5.74) is 1.22. The Balaban J connectivity index is 1.94. The highest BCUT2D eigenvalue weighted by Gasteiger charge is 2.27. The van der Waals surface area contributed by atoms with Gasteiger partial charge in [0.2, 0.25) is 5.91 Å². The molecule has 1 N–H and O–H groups in total. The fourth-order valence-electron chi connectivity index (χ4n) is 3.84. The molecule has 0 spiro atoms. The van der Waals surface area contributed by atoms with E-state index in [4.69, 9.17) is 16.6 Å². The summed E-state index contributed by atoms with van der Waals surface area (Å²) in [6.45, 7) is 10.3. The minimum Gasteiger partial charge on any atom is -0.465 e. The smallest absolute Gasteiger partial charge is 0.407 e. The Morgan fingerprint density at radius 2 is 1.87 bits per heavy atom. The number of halogens is 1. The third-order valence-electron chi connectivity index (χ3n) is 5.52. The molecule has 1 fully saturated rings. The van der Waals surface area contributed by atoms with Gasteiger partial charge >= 0.3 is 6.09 Å². The van der Waals surface area contributed by atoms with Crippen molar-refractivity contribution in [3.8, 4) is 0 Å². The average Bonchev–Trinajstić information content (AvgIpc) is 2.66. The molecule has 0 aliphatic carbocycles. The van der Waals surface area contributed by atoms with Crippen molar-refractivity contribution in [3.05, 3.63) is 34.9 Å². The van der Waals surface area contributed by atoms with Crippen molar-refractivity contribution >= 4 is 40.3 Å². The molecule has 0 unspecified atom stereocenters. The summed E-state index contributed by atoms with van der Waals surface area (Å²) in [6.07, 6.45) is -0.391. The van der Waals surface area contributed by atoms with Crippen LogP contribution in [0.1, 0.15) is 33.3 Å². The number of amides is 2. The highest BCUT2D eigenvalue weighted by atomic mass is 35.5. The Morgan fingerprint density at radius 3 is 2.43 bits per heavy atom. The molecule has 8 heteroatoms. The van der Waals surface area contributed by atoms with Crippen LogP contribution in [-0.4, -0.2) is 70.2 Å². The molecule has 0 bridgehead atoms. The van der Waals surface area contributed by atoms with Crippen LogP contribution in [0.15, 0.2) is 24.3 Å². The second kappa shape index (κ2) is 8.68. The fourth-order valence-corrected chi connectivity index (χ4v) is 4.06. The number of piperazine rings is 1. The molecule has 3 rings (SSSR count). The van der Waals surface area contributed by atoms with Gasteiger partial charge in [0.15, 0.2) is 0 Å². The van der Waals surface area contributed by atoms with E-state index < -0.39 is 11.6 Å². The summed E-state index contributed by atoms with van der Waals surface area (Å²) < 4.78 is 0. The van der Waals surface area contributed by atoms with E-state index >= 15 is 0 Å². The molecular weight excluding hydrogens is 404 g/mol. The van der Waals surface area contributed by atoms with E-state index in [9.17, 15) is 14.7 Å². The van der Waals surface area contributed by atoms with Gasteiger partial charge in [-0.15, -0.1) is 0 Å². The molecule has 1 aliphatic heterocycles. The second-order valence-corrected chi connectivity index (χ2v) is 9.04. The van der Waals surface area contributed by atoms with Gasteiger partial charge in [0.05, 0.1) is 10.5 Å². The van der Waals surface area contributed by atoms with E-state index in [0.717, 1.165) is 22.3 Å². The Labute approximate surface area is 182 Å². The van der Waals surface area contributed by atoms with Crippen molar-refractivity contribution in [1.29, 1.82) is 0 Å². The summed E-state index contributed by atoms with van der Waals surface area (Å²) in [4.78, 5) is 33.8. The Morgan fingerprint density at radius 1 is 1.20 bits per heavy atom. The predicted molar refractivity (Wildman–Crippen MR) is 119 cm³/mol. The molecule has 30 heavy (non-hydrogen) atoms. The van der Waals surface area contributed by atoms with Crippen LogP contribution in [0.4, 0.5) is 10.6 Å². The fraction of sp³-hybridized carbons (Fsp3) is 0.500. The van der Waals surface area contributed by atoms with E-state index in [-0.39, 0.29) is 5.91 Å². The summed E-state index contributed by atoms with van der Waals surface area (Å²) in [6, 6.07) is 7.73. The van der Waals surface area contributed by atoms with Gasteiger partial charge in [-0.3, -0.25) is 4.79 Å². The van der Waals surface area contributed by atoms with Crippen LogP contribution in [0.3, 0.4) is 0 Å². The molecule has 1 aromatic heterocycles. The van der Waals surface area contributed by atoms with Crippen LogP contribution < -0.4 is 4.90 Å². The summed E-state index contributed by atoms with van der Waals surface area (Å²) in [5, 5.41) is 11.2. The number of fused-ring (bicyclic) bond motifs is 1. The third-order valence-corrected chi connectivity index (χ3v) is 5.83. The van der Waals surface area contributed by atoms with Crippen molar-refractivity contribution < 1.29 is 14.7 Å². The molecule has 0 saturated carbocycles. The first-order chi connectivity index (χ1) is 14.1. The highest BCUT2D eigenvalue weighted by molar-refractivity contribution is 6.35. The van der Waals surface area contributed by atoms with Crippen molar-refractivity contribution in [1.82, 2.24) is 14.8 Å². The van der Waals surface area contributed by atoms with Crippen molar-refractivity contribution in [2.45, 2.75) is 39.7 Å². The lowest BCUT2D eigenvalue weighted by Crippen LogP contribution is -2.49. The number of pyridine rings is 1. The number of hydrogen-bond donors (Lipinski definition) is 1. The van der Waals surface area contributed by atoms with E-state index in [1.807, 2.05) is 43.9 Å². The van der Waals surface area contributed by atoms with E-state index in [0.29, 0.717) is 44.2 Å². The number of carbonyl (C=O) groups is 2. The van der Waals surface area contributed by atoms with Gasteiger partial charge in [-0.25, -0.2) is 9.78 Å². The van der Waals surface area contributed by atoms with Gasteiger partial charge in [0.25, 0.3) is 0 Å². The maximum atomic E-state index is 11.8. The summed E-state index contributed by atoms with van der Waals surface area (Å²) in [5.74, 6) is 0.893. The lowest BCUT2D eigenvalue weighted by Gasteiger charge is -2.36. The van der Waals surface area contributed by atoms with Gasteiger partial charge < -0.3 is 19.8 Å². The zero-order valence-corrected chi connectivity index (χ0v) is 18.7. The summed E-state index contributed by atoms with van der Waals surface area (Å²) >= 11 is 6.39. The molecule has 1 saturated heterocycles. The normalized spacial score (nSPS) is 14.8. The van der Waals surface area contributed by atoms with Crippen LogP contribution in [0.25, 0.3) is 10.9 Å². The monoisotopic (exact) mass is 432 g/mol. The number of carbonyl (C=O) groups excluding carboxylic acids is 1. The topological polar surface area (TPSA) is 77.0 Å². The van der Waals surface area contributed by atoms with Crippen LogP contribution >= 0.6 is 11.6 Å². The first kappa shape index (κ1) is 22.2. The Hall–Kier alpha value is -2.54. The van der Waals surface area contributed by atoms with E-state index in [1.165, 1.54) is 4.90 Å². The van der Waals surface area contributed by atoms with Crippen LogP contribution in [0.5, 0.6) is 0 Å².